The van der Waals surface area contributed by atoms with Crippen LogP contribution in [0.1, 0.15) is 74.5 Å². The molecule has 2 aromatic rings. The van der Waals surface area contributed by atoms with E-state index in [-0.39, 0.29) is 46.2 Å². The van der Waals surface area contributed by atoms with E-state index in [4.69, 9.17) is 0 Å². The molecule has 1 N–H and O–H groups in total. The number of carbonyl (C=O) groups excluding carboxylic acids is 4. The summed E-state index contributed by atoms with van der Waals surface area (Å²) in [5.74, 6) is -3.41. The van der Waals surface area contributed by atoms with Gasteiger partial charge < -0.3 is 20.0 Å². The largest absolute Gasteiger partial charge is 0.340 e. The Morgan fingerprint density at radius 2 is 1.81 bits per heavy atom. The maximum atomic E-state index is 14.1. The molecule has 3 saturated heterocycles. The minimum Gasteiger partial charge on any atom is -0.340 e. The number of nitrogens with zero attached hydrogens (tertiary/aromatic N) is 3. The van der Waals surface area contributed by atoms with Crippen LogP contribution in [0.2, 0.25) is 0 Å². The Morgan fingerprint density at radius 1 is 1.05 bits per heavy atom. The summed E-state index contributed by atoms with van der Waals surface area (Å²) in [4.78, 5) is 59.3. The normalized spacial score (nSPS) is 28.5. The van der Waals surface area contributed by atoms with Gasteiger partial charge in [-0.3, -0.25) is 19.2 Å². The van der Waals surface area contributed by atoms with Crippen LogP contribution in [0.4, 0.5) is 8.78 Å². The van der Waals surface area contributed by atoms with Crippen LogP contribution in [0.15, 0.2) is 24.3 Å². The van der Waals surface area contributed by atoms with Crippen LogP contribution in [-0.4, -0.2) is 82.6 Å². The molecule has 8 nitrogen and oxygen atoms in total. The van der Waals surface area contributed by atoms with Crippen molar-refractivity contribution in [2.75, 3.05) is 26.2 Å². The van der Waals surface area contributed by atoms with E-state index in [0.29, 0.717) is 48.4 Å². The van der Waals surface area contributed by atoms with Gasteiger partial charge in [-0.05, 0) is 73.4 Å². The number of nitrogens with one attached hydrogen (secondary N) is 1. The lowest BCUT2D eigenvalue weighted by molar-refractivity contribution is -0.148. The molecule has 4 heterocycles. The maximum absolute atomic E-state index is 14.1. The van der Waals surface area contributed by atoms with Crippen molar-refractivity contribution in [3.63, 3.8) is 0 Å². The van der Waals surface area contributed by atoms with E-state index in [1.165, 1.54) is 31.9 Å². The van der Waals surface area contributed by atoms with E-state index in [1.54, 1.807) is 21.9 Å². The highest BCUT2D eigenvalue weighted by Gasteiger charge is 2.51. The second-order valence-corrected chi connectivity index (χ2v) is 14.0. The molecular weight excluding hydrogens is 562 g/mol. The molecule has 3 aliphatic heterocycles. The summed E-state index contributed by atoms with van der Waals surface area (Å²) < 4.78 is 28.4. The monoisotopic (exact) mass is 600 g/mol. The minimum absolute atomic E-state index is 0.00457. The molecule has 0 bridgehead atoms. The molecule has 6 rings (SSSR count). The molecule has 0 spiro atoms. The third-order valence-corrected chi connectivity index (χ3v) is 11.0. The standard InChI is InChI=1S/C31H38F2N4O4S/c1-18(38)35-12-10-22-7-8-24(29(41)36-13-11-30(2,17-36)20-4-5-20)37(22)28(40)23(16-35)34-27(39)26-15-19-14-21(31(3,32)33)6-9-25(19)42-26/h6,9,14-15,20,22-24H,4-5,7-8,10-13,16-17H2,1-3H3,(H,34,39)/t22-,23+,24+,30?/m1/s1. The molecule has 1 unspecified atom stereocenters. The van der Waals surface area contributed by atoms with Crippen molar-refractivity contribution in [2.45, 2.75) is 83.3 Å². The number of amides is 4. The predicted octanol–water partition coefficient (Wildman–Crippen LogP) is 4.37. The first-order valence-corrected chi connectivity index (χ1v) is 15.7. The van der Waals surface area contributed by atoms with E-state index < -0.39 is 23.9 Å². The summed E-state index contributed by atoms with van der Waals surface area (Å²) in [6, 6.07) is 4.04. The SMILES string of the molecule is CC(=O)N1CC[C@H]2CC[C@@H](C(=O)N3CCC(C)(C4CC4)C3)N2C(=O)[C@@H](NC(=O)c2cc3cc(C(C)(F)F)ccc3s2)C1. The fraction of sp³-hybridized carbons (Fsp3) is 0.613. The van der Waals surface area contributed by atoms with Crippen LogP contribution in [0.3, 0.4) is 0 Å². The molecule has 0 radical (unpaired) electrons. The first-order valence-electron chi connectivity index (χ1n) is 14.9. The van der Waals surface area contributed by atoms with Crippen LogP contribution in [0.25, 0.3) is 10.1 Å². The van der Waals surface area contributed by atoms with Gasteiger partial charge in [-0.2, -0.15) is 0 Å². The average molecular weight is 601 g/mol. The maximum Gasteiger partial charge on any atom is 0.270 e. The molecule has 4 fully saturated rings. The number of hydrogen-bond donors (Lipinski definition) is 1. The zero-order valence-electron chi connectivity index (χ0n) is 24.3. The fourth-order valence-corrected chi connectivity index (χ4v) is 8.11. The third kappa shape index (κ3) is 5.40. The summed E-state index contributed by atoms with van der Waals surface area (Å²) in [6.45, 7) is 6.39. The van der Waals surface area contributed by atoms with Crippen LogP contribution in [0.5, 0.6) is 0 Å². The number of carbonyl (C=O) groups is 4. The van der Waals surface area contributed by atoms with E-state index in [9.17, 15) is 28.0 Å². The molecule has 4 atom stereocenters. The van der Waals surface area contributed by atoms with Crippen molar-refractivity contribution in [3.8, 4) is 0 Å². The topological polar surface area (TPSA) is 90.0 Å². The van der Waals surface area contributed by atoms with Gasteiger partial charge in [0, 0.05) is 56.3 Å². The highest BCUT2D eigenvalue weighted by Crippen LogP contribution is 2.50. The molecule has 1 aromatic carbocycles. The smallest absolute Gasteiger partial charge is 0.270 e. The van der Waals surface area contributed by atoms with Crippen LogP contribution in [0, 0.1) is 11.3 Å². The number of likely N-dealkylation sites (tertiary alicyclic amines) is 1. The number of fused-ring (bicyclic) bond motifs is 2. The van der Waals surface area contributed by atoms with E-state index in [1.807, 2.05) is 4.90 Å². The molecule has 226 valence electrons. The van der Waals surface area contributed by atoms with E-state index in [2.05, 4.69) is 12.2 Å². The van der Waals surface area contributed by atoms with Crippen LogP contribution in [-0.2, 0) is 20.3 Å². The van der Waals surface area contributed by atoms with Crippen molar-refractivity contribution in [2.24, 2.45) is 11.3 Å². The second kappa shape index (κ2) is 10.6. The minimum atomic E-state index is -3.01. The summed E-state index contributed by atoms with van der Waals surface area (Å²) in [5.41, 5.74) is 0.00286. The highest BCUT2D eigenvalue weighted by atomic mass is 32.1. The van der Waals surface area contributed by atoms with Crippen LogP contribution >= 0.6 is 11.3 Å². The van der Waals surface area contributed by atoms with Crippen molar-refractivity contribution < 1.29 is 28.0 Å². The summed E-state index contributed by atoms with van der Waals surface area (Å²) in [7, 11) is 0. The Hall–Kier alpha value is -3.08. The predicted molar refractivity (Wildman–Crippen MR) is 155 cm³/mol. The molecule has 11 heteroatoms. The van der Waals surface area contributed by atoms with Gasteiger partial charge in [0.15, 0.2) is 0 Å². The van der Waals surface area contributed by atoms with Gasteiger partial charge in [0.25, 0.3) is 11.8 Å². The average Bonchev–Trinajstić information content (AvgIpc) is 3.40. The van der Waals surface area contributed by atoms with Gasteiger partial charge in [0.1, 0.15) is 12.1 Å². The van der Waals surface area contributed by atoms with Crippen LogP contribution < -0.4 is 5.32 Å². The number of rotatable bonds is 5. The van der Waals surface area contributed by atoms with Crippen molar-refractivity contribution in [1.82, 2.24) is 20.0 Å². The van der Waals surface area contributed by atoms with Gasteiger partial charge in [0.2, 0.25) is 17.7 Å². The summed E-state index contributed by atoms with van der Waals surface area (Å²) >= 11 is 1.16. The molecule has 1 aliphatic carbocycles. The quantitative estimate of drug-likeness (QED) is 0.552. The fourth-order valence-electron chi connectivity index (χ4n) is 7.16. The first kappa shape index (κ1) is 29.0. The molecule has 1 saturated carbocycles. The molecular formula is C31H38F2N4O4S. The number of halogens is 2. The molecule has 4 amide bonds. The first-order chi connectivity index (χ1) is 19.8. The molecule has 1 aromatic heterocycles. The lowest BCUT2D eigenvalue weighted by Gasteiger charge is -2.39. The van der Waals surface area contributed by atoms with Gasteiger partial charge in [-0.15, -0.1) is 11.3 Å². The van der Waals surface area contributed by atoms with E-state index in [0.717, 1.165) is 31.2 Å². The Balaban J connectivity index is 1.23. The molecule has 4 aliphatic rings. The van der Waals surface area contributed by atoms with Crippen molar-refractivity contribution >= 4 is 45.1 Å². The van der Waals surface area contributed by atoms with Gasteiger partial charge in [0.05, 0.1) is 4.88 Å². The molecule has 42 heavy (non-hydrogen) atoms. The summed E-state index contributed by atoms with van der Waals surface area (Å²) in [6.07, 6.45) is 5.22. The zero-order valence-corrected chi connectivity index (χ0v) is 25.1. The van der Waals surface area contributed by atoms with Crippen molar-refractivity contribution in [3.05, 3.63) is 34.7 Å². The number of alkyl halides is 2. The van der Waals surface area contributed by atoms with Gasteiger partial charge >= 0.3 is 0 Å². The van der Waals surface area contributed by atoms with E-state index >= 15 is 0 Å². The third-order valence-electron chi connectivity index (χ3n) is 9.85. The van der Waals surface area contributed by atoms with Gasteiger partial charge in [-0.1, -0.05) is 13.0 Å². The Labute approximate surface area is 248 Å². The second-order valence-electron chi connectivity index (χ2n) is 13.0. The number of benzene rings is 1. The van der Waals surface area contributed by atoms with Gasteiger partial charge in [-0.25, -0.2) is 8.78 Å². The number of hydrogen-bond acceptors (Lipinski definition) is 5. The summed E-state index contributed by atoms with van der Waals surface area (Å²) in [5, 5.41) is 3.36. The Bertz CT molecular complexity index is 1440. The Kier molecular flexibility index (Phi) is 7.30. The highest BCUT2D eigenvalue weighted by molar-refractivity contribution is 7.20. The van der Waals surface area contributed by atoms with Crippen molar-refractivity contribution in [1.29, 1.82) is 0 Å². The lowest BCUT2D eigenvalue weighted by Crippen LogP contribution is -2.61. The number of thiophene rings is 1. The Morgan fingerprint density at radius 3 is 2.50 bits per heavy atom. The zero-order chi connectivity index (χ0) is 30.0. The lowest BCUT2D eigenvalue weighted by atomic mass is 9.84.